The maximum atomic E-state index is 6.31. The zero-order valence-electron chi connectivity index (χ0n) is 13.3. The second-order valence-electron chi connectivity index (χ2n) is 7.21. The molecule has 2 aliphatic heterocycles. The minimum Gasteiger partial charge on any atom is -0.368 e. The highest BCUT2D eigenvalue weighted by Crippen LogP contribution is 2.48. The van der Waals surface area contributed by atoms with Crippen LogP contribution in [-0.2, 0) is 4.74 Å². The number of hydrogen-bond acceptors (Lipinski definition) is 4. The first kappa shape index (κ1) is 15.2. The van der Waals surface area contributed by atoms with E-state index >= 15 is 0 Å². The summed E-state index contributed by atoms with van der Waals surface area (Å²) < 4.78 is 6.31. The highest BCUT2D eigenvalue weighted by atomic mass is 16.5. The number of nitrogens with two attached hydrogens (primary N) is 1. The highest BCUT2D eigenvalue weighted by Gasteiger charge is 2.59. The maximum absolute atomic E-state index is 6.31. The van der Waals surface area contributed by atoms with E-state index in [0.717, 1.165) is 39.1 Å². The summed E-state index contributed by atoms with van der Waals surface area (Å²) in [6.07, 6.45) is 1.02. The van der Waals surface area contributed by atoms with Gasteiger partial charge in [-0.25, -0.2) is 0 Å². The van der Waals surface area contributed by atoms with Gasteiger partial charge >= 0.3 is 0 Å². The largest absolute Gasteiger partial charge is 0.368 e. The Kier molecular flexibility index (Phi) is 4.00. The summed E-state index contributed by atoms with van der Waals surface area (Å²) in [6, 6.07) is 0. The van der Waals surface area contributed by atoms with E-state index in [4.69, 9.17) is 10.5 Å². The molecule has 0 spiro atoms. The molecule has 0 aromatic heterocycles. The third-order valence-electron chi connectivity index (χ3n) is 5.13. The van der Waals surface area contributed by atoms with Crippen LogP contribution in [0.1, 0.15) is 41.0 Å². The van der Waals surface area contributed by atoms with Crippen molar-refractivity contribution in [3.8, 4) is 0 Å². The molecule has 4 nitrogen and oxygen atoms in total. The van der Waals surface area contributed by atoms with Gasteiger partial charge in [0.25, 0.3) is 0 Å². The first-order valence-electron chi connectivity index (χ1n) is 7.64. The Bertz CT molecular complexity index is 321. The van der Waals surface area contributed by atoms with Gasteiger partial charge in [-0.05, 0) is 40.7 Å². The Balaban J connectivity index is 2.19. The van der Waals surface area contributed by atoms with Gasteiger partial charge in [0.2, 0.25) is 0 Å². The lowest BCUT2D eigenvalue weighted by molar-refractivity contribution is -0.109. The van der Waals surface area contributed by atoms with Crippen LogP contribution >= 0.6 is 0 Å². The van der Waals surface area contributed by atoms with Crippen molar-refractivity contribution in [2.45, 2.75) is 57.8 Å². The van der Waals surface area contributed by atoms with Gasteiger partial charge in [-0.1, -0.05) is 6.92 Å². The smallest absolute Gasteiger partial charge is 0.0830 e. The zero-order chi connectivity index (χ0) is 14.3. The molecule has 0 aromatic carbocycles. The number of likely N-dealkylation sites (N-methyl/N-ethyl adjacent to an activating group) is 1. The Morgan fingerprint density at radius 1 is 1.05 bits per heavy atom. The second-order valence-corrected chi connectivity index (χ2v) is 7.21. The number of hydrogen-bond donors (Lipinski definition) is 1. The predicted molar refractivity (Wildman–Crippen MR) is 79.3 cm³/mol. The van der Waals surface area contributed by atoms with Crippen molar-refractivity contribution in [1.29, 1.82) is 0 Å². The maximum Gasteiger partial charge on any atom is 0.0830 e. The molecule has 4 heteroatoms. The fourth-order valence-corrected chi connectivity index (χ4v) is 4.17. The van der Waals surface area contributed by atoms with Crippen LogP contribution in [0.25, 0.3) is 0 Å². The predicted octanol–water partition coefficient (Wildman–Crippen LogP) is 1.30. The van der Waals surface area contributed by atoms with Crippen LogP contribution in [0.2, 0.25) is 0 Å². The second kappa shape index (κ2) is 4.99. The van der Waals surface area contributed by atoms with Crippen molar-refractivity contribution >= 4 is 0 Å². The minimum absolute atomic E-state index is 0.0175. The summed E-state index contributed by atoms with van der Waals surface area (Å²) in [6.45, 7) is 17.4. The Hall–Kier alpha value is -0.160. The van der Waals surface area contributed by atoms with Crippen LogP contribution in [0.3, 0.4) is 0 Å². The van der Waals surface area contributed by atoms with Crippen LogP contribution < -0.4 is 5.73 Å². The van der Waals surface area contributed by atoms with Crippen molar-refractivity contribution in [1.82, 2.24) is 9.80 Å². The molecule has 0 radical (unpaired) electrons. The Morgan fingerprint density at radius 2 is 1.63 bits per heavy atom. The van der Waals surface area contributed by atoms with Crippen molar-refractivity contribution in [3.05, 3.63) is 0 Å². The van der Waals surface area contributed by atoms with E-state index < -0.39 is 0 Å². The zero-order valence-corrected chi connectivity index (χ0v) is 13.3. The molecular weight excluding hydrogens is 238 g/mol. The molecular formula is C15H31N3O. The molecule has 2 heterocycles. The summed E-state index contributed by atoms with van der Waals surface area (Å²) in [4.78, 5) is 5.10. The van der Waals surface area contributed by atoms with Crippen molar-refractivity contribution < 1.29 is 4.74 Å². The van der Waals surface area contributed by atoms with Crippen LogP contribution in [-0.4, -0.2) is 65.8 Å². The molecule has 2 N–H and O–H groups in total. The summed E-state index contributed by atoms with van der Waals surface area (Å²) in [5.74, 6) is 0. The number of rotatable bonds is 3. The summed E-state index contributed by atoms with van der Waals surface area (Å²) >= 11 is 0. The van der Waals surface area contributed by atoms with Crippen LogP contribution in [0.15, 0.2) is 0 Å². The van der Waals surface area contributed by atoms with Gasteiger partial charge in [0.1, 0.15) is 0 Å². The molecule has 19 heavy (non-hydrogen) atoms. The molecule has 0 saturated carbocycles. The Labute approximate surface area is 118 Å². The molecule has 2 aliphatic rings. The topological polar surface area (TPSA) is 41.7 Å². The van der Waals surface area contributed by atoms with Crippen LogP contribution in [0.4, 0.5) is 0 Å². The Morgan fingerprint density at radius 3 is 2.00 bits per heavy atom. The lowest BCUT2D eigenvalue weighted by atomic mass is 9.77. The summed E-state index contributed by atoms with van der Waals surface area (Å²) in [5, 5.41) is 0. The lowest BCUT2D eigenvalue weighted by Gasteiger charge is -2.50. The summed E-state index contributed by atoms with van der Waals surface area (Å²) in [7, 11) is 0. The molecule has 0 bridgehead atoms. The monoisotopic (exact) mass is 269 g/mol. The van der Waals surface area contributed by atoms with E-state index in [1.165, 1.54) is 0 Å². The molecule has 2 saturated heterocycles. The van der Waals surface area contributed by atoms with Gasteiger partial charge in [0, 0.05) is 32.7 Å². The molecule has 1 unspecified atom stereocenters. The van der Waals surface area contributed by atoms with E-state index in [9.17, 15) is 0 Å². The fourth-order valence-electron chi connectivity index (χ4n) is 4.17. The van der Waals surface area contributed by atoms with Gasteiger partial charge in [-0.15, -0.1) is 0 Å². The number of piperazine rings is 1. The van der Waals surface area contributed by atoms with E-state index in [0.29, 0.717) is 6.54 Å². The van der Waals surface area contributed by atoms with Crippen molar-refractivity contribution in [3.63, 3.8) is 0 Å². The van der Waals surface area contributed by atoms with Gasteiger partial charge in [0.05, 0.1) is 16.7 Å². The third kappa shape index (κ3) is 2.56. The summed E-state index contributed by atoms with van der Waals surface area (Å²) in [5.41, 5.74) is 5.95. The van der Waals surface area contributed by atoms with E-state index in [2.05, 4.69) is 44.4 Å². The first-order valence-corrected chi connectivity index (χ1v) is 7.64. The SMILES string of the molecule is CCN1CCN(C2(CN)CC(C)(C)OC2(C)C)CC1. The molecule has 0 amide bonds. The van der Waals surface area contributed by atoms with Crippen molar-refractivity contribution in [2.24, 2.45) is 5.73 Å². The normalized spacial score (nSPS) is 35.7. The van der Waals surface area contributed by atoms with Crippen molar-refractivity contribution in [2.75, 3.05) is 39.3 Å². The molecule has 1 atom stereocenters. The van der Waals surface area contributed by atoms with Gasteiger partial charge < -0.3 is 15.4 Å². The highest BCUT2D eigenvalue weighted by molar-refractivity contribution is 5.13. The number of nitrogens with zero attached hydrogens (tertiary/aromatic N) is 2. The van der Waals surface area contributed by atoms with Gasteiger partial charge in [0.15, 0.2) is 0 Å². The molecule has 0 aromatic rings. The van der Waals surface area contributed by atoms with E-state index in [-0.39, 0.29) is 16.7 Å². The third-order valence-corrected chi connectivity index (χ3v) is 5.13. The number of ether oxygens (including phenoxy) is 1. The van der Waals surface area contributed by atoms with Gasteiger partial charge in [-0.3, -0.25) is 4.90 Å². The van der Waals surface area contributed by atoms with Crippen LogP contribution in [0.5, 0.6) is 0 Å². The average Bonchev–Trinajstić information content (AvgIpc) is 2.54. The molecule has 2 fully saturated rings. The fraction of sp³-hybridized carbons (Fsp3) is 1.00. The van der Waals surface area contributed by atoms with Crippen LogP contribution in [0, 0.1) is 0 Å². The minimum atomic E-state index is -0.181. The molecule has 112 valence electrons. The van der Waals surface area contributed by atoms with Gasteiger partial charge in [-0.2, -0.15) is 0 Å². The van der Waals surface area contributed by atoms with E-state index in [1.807, 2.05) is 0 Å². The lowest BCUT2D eigenvalue weighted by Crippen LogP contribution is -2.67. The standard InChI is InChI=1S/C15H31N3O/c1-6-17-7-9-18(10-8-17)15(12-16)11-13(2,3)19-14(15,4)5/h6-12,16H2,1-5H3. The van der Waals surface area contributed by atoms with E-state index in [1.54, 1.807) is 0 Å². The molecule has 2 rings (SSSR count). The average molecular weight is 269 g/mol. The quantitative estimate of drug-likeness (QED) is 0.838. The first-order chi connectivity index (χ1) is 8.76. The molecule has 0 aliphatic carbocycles.